The molecule has 0 radical (unpaired) electrons. The summed E-state index contributed by atoms with van der Waals surface area (Å²) in [5.74, 6) is -0.313. The average molecular weight is 345 g/mol. The number of benzene rings is 2. The lowest BCUT2D eigenvalue weighted by atomic mass is 10.0. The number of unbranched alkanes of at least 4 members (excludes halogenated alkanes) is 3. The molecule has 0 saturated heterocycles. The molecule has 0 spiro atoms. The number of rotatable bonds is 9. The summed E-state index contributed by atoms with van der Waals surface area (Å²) in [6, 6.07) is 16.1. The average Bonchev–Trinajstić information content (AvgIpc) is 2.60. The number of hydrogen-bond acceptors (Lipinski definition) is 2. The Kier molecular flexibility index (Phi) is 7.84. The summed E-state index contributed by atoms with van der Waals surface area (Å²) in [4.78, 5) is 11.7. The highest BCUT2D eigenvalue weighted by Gasteiger charge is 2.09. The molecule has 2 aromatic carbocycles. The van der Waals surface area contributed by atoms with Crippen molar-refractivity contribution in [1.29, 1.82) is 0 Å². The van der Waals surface area contributed by atoms with E-state index in [0.29, 0.717) is 17.2 Å². The molecular weight excluding hydrogens is 320 g/mol. The van der Waals surface area contributed by atoms with Crippen LogP contribution < -0.4 is 0 Å². The third-order valence-corrected chi connectivity index (χ3v) is 4.42. The second kappa shape index (κ2) is 10.1. The first-order valence-electron chi connectivity index (χ1n) is 8.70. The molecule has 2 aromatic rings. The molecule has 24 heavy (non-hydrogen) atoms. The van der Waals surface area contributed by atoms with Crippen LogP contribution in [0.3, 0.4) is 0 Å². The molecule has 2 nitrogen and oxygen atoms in total. The first kappa shape index (κ1) is 18.5. The Balaban J connectivity index is 1.69. The molecule has 0 amide bonds. The van der Waals surface area contributed by atoms with Gasteiger partial charge in [-0.2, -0.15) is 0 Å². The third kappa shape index (κ3) is 6.01. The van der Waals surface area contributed by atoms with Gasteiger partial charge in [0.1, 0.15) is 0 Å². The van der Waals surface area contributed by atoms with Gasteiger partial charge in [0.15, 0.2) is 0 Å². The van der Waals surface area contributed by atoms with E-state index in [2.05, 4.69) is 30.3 Å². The van der Waals surface area contributed by atoms with Crippen molar-refractivity contribution in [3.8, 4) is 0 Å². The standard InChI is InChI=1S/C21H25ClO2/c1-2-24-21(23)19-15-14-18(20(22)16-19)13-9-4-3-6-10-17-11-7-5-8-12-17/h5,7-8,11-12,14-16H,2-4,6,9-10,13H2,1H3. The molecule has 0 saturated carbocycles. The van der Waals surface area contributed by atoms with Gasteiger partial charge >= 0.3 is 5.97 Å². The second-order valence-electron chi connectivity index (χ2n) is 5.93. The Bertz CT molecular complexity index is 638. The summed E-state index contributed by atoms with van der Waals surface area (Å²) in [5.41, 5.74) is 3.04. The van der Waals surface area contributed by atoms with E-state index in [9.17, 15) is 4.79 Å². The van der Waals surface area contributed by atoms with Crippen LogP contribution in [0.1, 0.15) is 54.1 Å². The normalized spacial score (nSPS) is 10.6. The van der Waals surface area contributed by atoms with Crippen molar-refractivity contribution in [2.75, 3.05) is 6.61 Å². The Labute approximate surface area is 149 Å². The highest BCUT2D eigenvalue weighted by molar-refractivity contribution is 6.31. The van der Waals surface area contributed by atoms with Crippen LogP contribution in [-0.4, -0.2) is 12.6 Å². The SMILES string of the molecule is CCOC(=O)c1ccc(CCCCCCc2ccccc2)c(Cl)c1. The number of esters is 1. The molecule has 0 aromatic heterocycles. The quantitative estimate of drug-likeness (QED) is 0.420. The van der Waals surface area contributed by atoms with Crippen LogP contribution in [0.15, 0.2) is 48.5 Å². The molecule has 0 atom stereocenters. The van der Waals surface area contributed by atoms with Crippen molar-refractivity contribution in [3.63, 3.8) is 0 Å². The van der Waals surface area contributed by atoms with E-state index in [0.717, 1.165) is 24.8 Å². The summed E-state index contributed by atoms with van der Waals surface area (Å²) in [5, 5.41) is 0.657. The Morgan fingerprint density at radius 1 is 0.958 bits per heavy atom. The molecule has 2 rings (SSSR count). The van der Waals surface area contributed by atoms with Gasteiger partial charge in [0.25, 0.3) is 0 Å². The summed E-state index contributed by atoms with van der Waals surface area (Å²) in [6.45, 7) is 2.17. The van der Waals surface area contributed by atoms with Crippen molar-refractivity contribution in [2.24, 2.45) is 0 Å². The van der Waals surface area contributed by atoms with Crippen LogP contribution in [0.5, 0.6) is 0 Å². The predicted octanol–water partition coefficient (Wildman–Crippen LogP) is 5.86. The maximum Gasteiger partial charge on any atom is 0.338 e. The van der Waals surface area contributed by atoms with Crippen LogP contribution in [0.2, 0.25) is 5.02 Å². The first-order valence-corrected chi connectivity index (χ1v) is 9.08. The maximum absolute atomic E-state index is 11.7. The maximum atomic E-state index is 11.7. The summed E-state index contributed by atoms with van der Waals surface area (Å²) in [6.07, 6.45) is 6.87. The minimum Gasteiger partial charge on any atom is -0.462 e. The predicted molar refractivity (Wildman–Crippen MR) is 99.7 cm³/mol. The molecule has 0 aliphatic rings. The summed E-state index contributed by atoms with van der Waals surface area (Å²) < 4.78 is 4.99. The molecule has 0 aliphatic heterocycles. The summed E-state index contributed by atoms with van der Waals surface area (Å²) in [7, 11) is 0. The van der Waals surface area contributed by atoms with Crippen LogP contribution >= 0.6 is 11.6 Å². The number of aryl methyl sites for hydroxylation is 2. The minimum absolute atomic E-state index is 0.313. The molecular formula is C21H25ClO2. The molecule has 128 valence electrons. The van der Waals surface area contributed by atoms with Crippen molar-refractivity contribution >= 4 is 17.6 Å². The van der Waals surface area contributed by atoms with Crippen molar-refractivity contribution in [1.82, 2.24) is 0 Å². The van der Waals surface area contributed by atoms with E-state index in [4.69, 9.17) is 16.3 Å². The third-order valence-electron chi connectivity index (χ3n) is 4.07. The lowest BCUT2D eigenvalue weighted by Crippen LogP contribution is -2.04. The highest BCUT2D eigenvalue weighted by Crippen LogP contribution is 2.21. The number of hydrogen-bond donors (Lipinski definition) is 0. The fourth-order valence-corrected chi connectivity index (χ4v) is 3.01. The lowest BCUT2D eigenvalue weighted by molar-refractivity contribution is 0.0526. The summed E-state index contributed by atoms with van der Waals surface area (Å²) >= 11 is 6.29. The smallest absolute Gasteiger partial charge is 0.338 e. The Morgan fingerprint density at radius 3 is 2.33 bits per heavy atom. The van der Waals surface area contributed by atoms with E-state index in [1.165, 1.54) is 24.8 Å². The van der Waals surface area contributed by atoms with Gasteiger partial charge in [0, 0.05) is 5.02 Å². The zero-order chi connectivity index (χ0) is 17.2. The van der Waals surface area contributed by atoms with E-state index in [1.807, 2.05) is 6.07 Å². The second-order valence-corrected chi connectivity index (χ2v) is 6.33. The molecule has 3 heteroatoms. The van der Waals surface area contributed by atoms with Gasteiger partial charge in [-0.3, -0.25) is 0 Å². The zero-order valence-corrected chi connectivity index (χ0v) is 15.0. The lowest BCUT2D eigenvalue weighted by Gasteiger charge is -2.07. The fourth-order valence-electron chi connectivity index (χ4n) is 2.73. The monoisotopic (exact) mass is 344 g/mol. The van der Waals surface area contributed by atoms with Crippen LogP contribution in [-0.2, 0) is 17.6 Å². The fraction of sp³-hybridized carbons (Fsp3) is 0.381. The van der Waals surface area contributed by atoms with Crippen LogP contribution in [0.4, 0.5) is 0 Å². The van der Waals surface area contributed by atoms with E-state index in [1.54, 1.807) is 19.1 Å². The van der Waals surface area contributed by atoms with Gasteiger partial charge in [0.05, 0.1) is 12.2 Å². The molecule has 0 fully saturated rings. The molecule has 0 heterocycles. The Hall–Kier alpha value is -1.80. The van der Waals surface area contributed by atoms with Crippen LogP contribution in [0.25, 0.3) is 0 Å². The number of carbonyl (C=O) groups is 1. The molecule has 0 aliphatic carbocycles. The van der Waals surface area contributed by atoms with E-state index in [-0.39, 0.29) is 5.97 Å². The first-order chi connectivity index (χ1) is 11.7. The number of carbonyl (C=O) groups excluding carboxylic acids is 1. The van der Waals surface area contributed by atoms with Gasteiger partial charge in [-0.1, -0.05) is 60.8 Å². The topological polar surface area (TPSA) is 26.3 Å². The van der Waals surface area contributed by atoms with Crippen molar-refractivity contribution in [3.05, 3.63) is 70.2 Å². The highest BCUT2D eigenvalue weighted by atomic mass is 35.5. The van der Waals surface area contributed by atoms with E-state index >= 15 is 0 Å². The zero-order valence-electron chi connectivity index (χ0n) is 14.3. The van der Waals surface area contributed by atoms with Gasteiger partial charge in [-0.05, 0) is 55.9 Å². The van der Waals surface area contributed by atoms with E-state index < -0.39 is 0 Å². The van der Waals surface area contributed by atoms with Gasteiger partial charge in [-0.15, -0.1) is 0 Å². The Morgan fingerprint density at radius 2 is 1.67 bits per heavy atom. The van der Waals surface area contributed by atoms with Crippen LogP contribution in [0, 0.1) is 0 Å². The molecule has 0 N–H and O–H groups in total. The molecule has 0 bridgehead atoms. The minimum atomic E-state index is -0.313. The van der Waals surface area contributed by atoms with Gasteiger partial charge < -0.3 is 4.74 Å². The van der Waals surface area contributed by atoms with Gasteiger partial charge in [0.2, 0.25) is 0 Å². The number of ether oxygens (including phenoxy) is 1. The molecule has 0 unspecified atom stereocenters. The van der Waals surface area contributed by atoms with Gasteiger partial charge in [-0.25, -0.2) is 4.79 Å². The number of halogens is 1. The van der Waals surface area contributed by atoms with Crippen molar-refractivity contribution in [2.45, 2.75) is 45.4 Å². The largest absolute Gasteiger partial charge is 0.462 e. The van der Waals surface area contributed by atoms with Crippen molar-refractivity contribution < 1.29 is 9.53 Å².